The van der Waals surface area contributed by atoms with Crippen LogP contribution in [0.15, 0.2) is 4.99 Å². The Bertz CT molecular complexity index is 405. The van der Waals surface area contributed by atoms with Crippen molar-refractivity contribution >= 4 is 5.96 Å². The van der Waals surface area contributed by atoms with Crippen LogP contribution in [0.1, 0.15) is 58.3 Å². The van der Waals surface area contributed by atoms with E-state index in [9.17, 15) is 0 Å². The van der Waals surface area contributed by atoms with E-state index >= 15 is 0 Å². The summed E-state index contributed by atoms with van der Waals surface area (Å²) in [7, 11) is 1.79. The molecule has 27 heavy (non-hydrogen) atoms. The minimum absolute atomic E-state index is 0.338. The first-order chi connectivity index (χ1) is 13.3. The standard InChI is InChI=1S/C21H41N3O3/c1-3-22-20(24-18-21(11-16-25-2)9-4-5-10-21)23-12-6-13-27-17-19-7-14-26-15-8-19/h19H,3-18H2,1-2H3,(H2,22,23,24). The topological polar surface area (TPSA) is 64.1 Å². The van der Waals surface area contributed by atoms with Crippen molar-refractivity contribution in [2.75, 3.05) is 59.8 Å². The molecule has 6 heteroatoms. The van der Waals surface area contributed by atoms with Crippen LogP contribution >= 0.6 is 0 Å². The number of nitrogens with one attached hydrogen (secondary N) is 2. The summed E-state index contributed by atoms with van der Waals surface area (Å²) >= 11 is 0. The third-order valence-electron chi connectivity index (χ3n) is 5.87. The molecule has 0 aromatic carbocycles. The molecule has 6 nitrogen and oxygen atoms in total. The number of nitrogens with zero attached hydrogens (tertiary/aromatic N) is 1. The Hall–Kier alpha value is -0.850. The molecule has 0 amide bonds. The highest BCUT2D eigenvalue weighted by Gasteiger charge is 2.33. The van der Waals surface area contributed by atoms with Crippen LogP contribution in [0.5, 0.6) is 0 Å². The summed E-state index contributed by atoms with van der Waals surface area (Å²) in [5.74, 6) is 1.62. The van der Waals surface area contributed by atoms with Crippen molar-refractivity contribution in [2.45, 2.75) is 58.3 Å². The van der Waals surface area contributed by atoms with Crippen LogP contribution in [0.3, 0.4) is 0 Å². The van der Waals surface area contributed by atoms with E-state index in [-0.39, 0.29) is 0 Å². The molecule has 0 aromatic heterocycles. The third-order valence-corrected chi connectivity index (χ3v) is 5.87. The fourth-order valence-electron chi connectivity index (χ4n) is 4.06. The van der Waals surface area contributed by atoms with Crippen molar-refractivity contribution in [3.8, 4) is 0 Å². The van der Waals surface area contributed by atoms with Gasteiger partial charge in [-0.2, -0.15) is 0 Å². The number of ether oxygens (including phenoxy) is 3. The number of hydrogen-bond acceptors (Lipinski definition) is 4. The zero-order valence-corrected chi connectivity index (χ0v) is 17.6. The second-order valence-electron chi connectivity index (χ2n) is 8.06. The minimum atomic E-state index is 0.338. The predicted octanol–water partition coefficient (Wildman–Crippen LogP) is 2.97. The Kier molecular flexibility index (Phi) is 11.1. The lowest BCUT2D eigenvalue weighted by Crippen LogP contribution is -2.39. The lowest BCUT2D eigenvalue weighted by Gasteiger charge is -2.27. The van der Waals surface area contributed by atoms with Crippen LogP contribution in [-0.2, 0) is 14.2 Å². The van der Waals surface area contributed by atoms with Gasteiger partial charge in [-0.15, -0.1) is 0 Å². The second-order valence-corrected chi connectivity index (χ2v) is 8.06. The van der Waals surface area contributed by atoms with Crippen LogP contribution in [-0.4, -0.2) is 65.7 Å². The van der Waals surface area contributed by atoms with Gasteiger partial charge in [-0.3, -0.25) is 4.99 Å². The van der Waals surface area contributed by atoms with Gasteiger partial charge < -0.3 is 24.8 Å². The number of methoxy groups -OCH3 is 1. The SMILES string of the molecule is CCNC(=NCC1(CCOC)CCCC1)NCCCOCC1CCOCC1. The molecule has 0 atom stereocenters. The molecule has 2 rings (SSSR count). The first-order valence-corrected chi connectivity index (χ1v) is 10.9. The molecule has 2 fully saturated rings. The second kappa shape index (κ2) is 13.3. The third kappa shape index (κ3) is 8.79. The summed E-state index contributed by atoms with van der Waals surface area (Å²) in [6, 6.07) is 0. The summed E-state index contributed by atoms with van der Waals surface area (Å²) in [6.45, 7) is 9.09. The molecule has 158 valence electrons. The summed E-state index contributed by atoms with van der Waals surface area (Å²) in [6.07, 6.45) is 9.61. The molecule has 0 aromatic rings. The zero-order valence-electron chi connectivity index (χ0n) is 17.6. The molecule has 2 N–H and O–H groups in total. The highest BCUT2D eigenvalue weighted by molar-refractivity contribution is 5.79. The van der Waals surface area contributed by atoms with Gasteiger partial charge >= 0.3 is 0 Å². The first kappa shape index (κ1) is 22.4. The van der Waals surface area contributed by atoms with E-state index in [4.69, 9.17) is 19.2 Å². The summed E-state index contributed by atoms with van der Waals surface area (Å²) in [5, 5.41) is 6.84. The Balaban J connectivity index is 1.65. The van der Waals surface area contributed by atoms with Crippen molar-refractivity contribution in [3.63, 3.8) is 0 Å². The highest BCUT2D eigenvalue weighted by Crippen LogP contribution is 2.41. The van der Waals surface area contributed by atoms with Crippen molar-refractivity contribution in [3.05, 3.63) is 0 Å². The molecule has 2 aliphatic rings. The van der Waals surface area contributed by atoms with E-state index in [2.05, 4.69) is 17.6 Å². The summed E-state index contributed by atoms with van der Waals surface area (Å²) < 4.78 is 16.6. The number of hydrogen-bond donors (Lipinski definition) is 2. The van der Waals surface area contributed by atoms with Gasteiger partial charge in [0.1, 0.15) is 0 Å². The number of guanidine groups is 1. The monoisotopic (exact) mass is 383 g/mol. The average Bonchev–Trinajstić information content (AvgIpc) is 3.17. The molecule has 0 spiro atoms. The van der Waals surface area contributed by atoms with Crippen molar-refractivity contribution in [2.24, 2.45) is 16.3 Å². The van der Waals surface area contributed by atoms with Gasteiger partial charge in [-0.05, 0) is 56.8 Å². The largest absolute Gasteiger partial charge is 0.385 e. The molecule has 1 aliphatic carbocycles. The zero-order chi connectivity index (χ0) is 19.2. The highest BCUT2D eigenvalue weighted by atomic mass is 16.5. The van der Waals surface area contributed by atoms with Gasteiger partial charge in [0, 0.05) is 59.8 Å². The molecule has 1 aliphatic heterocycles. The van der Waals surface area contributed by atoms with Gasteiger partial charge in [0.15, 0.2) is 5.96 Å². The Morgan fingerprint density at radius 2 is 1.93 bits per heavy atom. The number of aliphatic imine (C=N–C) groups is 1. The molecule has 0 bridgehead atoms. The van der Waals surface area contributed by atoms with E-state index in [0.29, 0.717) is 11.3 Å². The maximum absolute atomic E-state index is 5.85. The first-order valence-electron chi connectivity index (χ1n) is 10.9. The van der Waals surface area contributed by atoms with Crippen molar-refractivity contribution in [1.29, 1.82) is 0 Å². The van der Waals surface area contributed by atoms with Crippen LogP contribution < -0.4 is 10.6 Å². The molecule has 1 heterocycles. The van der Waals surface area contributed by atoms with Crippen molar-refractivity contribution < 1.29 is 14.2 Å². The van der Waals surface area contributed by atoms with Gasteiger partial charge in [-0.25, -0.2) is 0 Å². The predicted molar refractivity (Wildman–Crippen MR) is 110 cm³/mol. The molecule has 1 saturated carbocycles. The Morgan fingerprint density at radius 1 is 1.15 bits per heavy atom. The van der Waals surface area contributed by atoms with Gasteiger partial charge in [0.2, 0.25) is 0 Å². The van der Waals surface area contributed by atoms with Gasteiger partial charge in [0.25, 0.3) is 0 Å². The Labute approximate surface area is 165 Å². The number of rotatable bonds is 12. The van der Waals surface area contributed by atoms with Crippen LogP contribution in [0.2, 0.25) is 0 Å². The maximum atomic E-state index is 5.85. The fourth-order valence-corrected chi connectivity index (χ4v) is 4.06. The van der Waals surface area contributed by atoms with E-state index < -0.39 is 0 Å². The Morgan fingerprint density at radius 3 is 2.63 bits per heavy atom. The van der Waals surface area contributed by atoms with Crippen molar-refractivity contribution in [1.82, 2.24) is 10.6 Å². The van der Waals surface area contributed by atoms with Crippen LogP contribution in [0, 0.1) is 11.3 Å². The van der Waals surface area contributed by atoms with Gasteiger partial charge in [0.05, 0.1) is 0 Å². The van der Waals surface area contributed by atoms with E-state index in [0.717, 1.165) is 84.3 Å². The van der Waals surface area contributed by atoms with Gasteiger partial charge in [-0.1, -0.05) is 12.8 Å². The minimum Gasteiger partial charge on any atom is -0.385 e. The molecular formula is C21H41N3O3. The van der Waals surface area contributed by atoms with E-state index in [1.54, 1.807) is 7.11 Å². The lowest BCUT2D eigenvalue weighted by molar-refractivity contribution is 0.0203. The maximum Gasteiger partial charge on any atom is 0.191 e. The van der Waals surface area contributed by atoms with Crippen LogP contribution in [0.25, 0.3) is 0 Å². The smallest absolute Gasteiger partial charge is 0.191 e. The van der Waals surface area contributed by atoms with E-state index in [1.165, 1.54) is 25.7 Å². The lowest BCUT2D eigenvalue weighted by atomic mass is 9.83. The summed E-state index contributed by atoms with van der Waals surface area (Å²) in [4.78, 5) is 4.90. The molecule has 0 radical (unpaired) electrons. The molecular weight excluding hydrogens is 342 g/mol. The average molecular weight is 384 g/mol. The quantitative estimate of drug-likeness (QED) is 0.308. The fraction of sp³-hybridized carbons (Fsp3) is 0.952. The molecule has 1 saturated heterocycles. The molecule has 0 unspecified atom stereocenters. The van der Waals surface area contributed by atoms with Crippen LogP contribution in [0.4, 0.5) is 0 Å². The van der Waals surface area contributed by atoms with E-state index in [1.807, 2.05) is 0 Å². The summed E-state index contributed by atoms with van der Waals surface area (Å²) in [5.41, 5.74) is 0.338. The normalized spacial score (nSPS) is 20.7.